The number of hydrogen-bond acceptors (Lipinski definition) is 1. The van der Waals surface area contributed by atoms with Crippen molar-refractivity contribution in [3.05, 3.63) is 48.0 Å². The fourth-order valence-corrected chi connectivity index (χ4v) is 2.13. The summed E-state index contributed by atoms with van der Waals surface area (Å²) in [6.45, 7) is 0. The average Bonchev–Trinajstić information content (AvgIpc) is 2.76. The van der Waals surface area contributed by atoms with Crippen molar-refractivity contribution in [3.63, 3.8) is 0 Å². The molecule has 0 spiro atoms. The summed E-state index contributed by atoms with van der Waals surface area (Å²) in [7, 11) is 0. The van der Waals surface area contributed by atoms with Gasteiger partial charge in [-0.05, 0) is 18.2 Å². The first kappa shape index (κ1) is 10.6. The van der Waals surface area contributed by atoms with E-state index >= 15 is 0 Å². The second-order valence-corrected chi connectivity index (χ2v) is 4.10. The molecule has 0 atom stereocenters. The summed E-state index contributed by atoms with van der Waals surface area (Å²) in [6, 6.07) is 14.3. The Morgan fingerprint density at radius 3 is 2.78 bits per heavy atom. The van der Waals surface area contributed by atoms with Crippen molar-refractivity contribution < 1.29 is 4.79 Å². The second-order valence-electron chi connectivity index (χ2n) is 4.10. The highest BCUT2D eigenvalue weighted by atomic mass is 16.1. The number of nitrogens with one attached hydrogen (secondary N) is 1. The van der Waals surface area contributed by atoms with E-state index in [0.717, 1.165) is 22.9 Å². The number of benzene rings is 2. The first-order valence-electron chi connectivity index (χ1n) is 5.81. The Bertz CT molecular complexity index is 787. The van der Waals surface area contributed by atoms with E-state index in [2.05, 4.69) is 35.0 Å². The topological polar surface area (TPSA) is 32.9 Å². The van der Waals surface area contributed by atoms with Gasteiger partial charge in [-0.3, -0.25) is 0 Å². The quantitative estimate of drug-likeness (QED) is 0.508. The van der Waals surface area contributed by atoms with Crippen molar-refractivity contribution in [3.8, 4) is 11.8 Å². The van der Waals surface area contributed by atoms with Crippen LogP contribution in [0.2, 0.25) is 0 Å². The number of hydrogen-bond donors (Lipinski definition) is 1. The third-order valence-electron chi connectivity index (χ3n) is 2.92. The van der Waals surface area contributed by atoms with Crippen molar-refractivity contribution >= 4 is 28.1 Å². The van der Waals surface area contributed by atoms with Gasteiger partial charge in [-0.25, -0.2) is 0 Å². The summed E-state index contributed by atoms with van der Waals surface area (Å²) in [5.41, 5.74) is 3.13. The molecule has 0 aliphatic carbocycles. The van der Waals surface area contributed by atoms with Crippen LogP contribution in [-0.2, 0) is 4.79 Å². The molecule has 2 nitrogen and oxygen atoms in total. The van der Waals surface area contributed by atoms with Crippen LogP contribution in [0.15, 0.2) is 42.5 Å². The third kappa shape index (κ3) is 1.76. The van der Waals surface area contributed by atoms with Crippen LogP contribution in [0.5, 0.6) is 0 Å². The molecule has 3 rings (SSSR count). The number of fused-ring (bicyclic) bond motifs is 3. The van der Waals surface area contributed by atoms with E-state index in [1.807, 2.05) is 24.3 Å². The van der Waals surface area contributed by atoms with Gasteiger partial charge in [0.1, 0.15) is 6.29 Å². The van der Waals surface area contributed by atoms with Crippen LogP contribution in [0.3, 0.4) is 0 Å². The molecule has 2 aromatic carbocycles. The van der Waals surface area contributed by atoms with Gasteiger partial charge in [0.15, 0.2) is 0 Å². The molecule has 1 N–H and O–H groups in total. The molecule has 0 saturated heterocycles. The van der Waals surface area contributed by atoms with Crippen molar-refractivity contribution in [2.75, 3.05) is 0 Å². The lowest BCUT2D eigenvalue weighted by Gasteiger charge is -1.92. The van der Waals surface area contributed by atoms with Gasteiger partial charge < -0.3 is 9.78 Å². The van der Waals surface area contributed by atoms with E-state index in [9.17, 15) is 4.79 Å². The zero-order valence-electron chi connectivity index (χ0n) is 9.73. The van der Waals surface area contributed by atoms with Gasteiger partial charge in [-0.15, -0.1) is 0 Å². The number of aromatic amines is 1. The Morgan fingerprint density at radius 1 is 1.06 bits per heavy atom. The van der Waals surface area contributed by atoms with Crippen molar-refractivity contribution in [2.45, 2.75) is 6.42 Å². The van der Waals surface area contributed by atoms with Gasteiger partial charge in [0.05, 0.1) is 6.42 Å². The van der Waals surface area contributed by atoms with Crippen molar-refractivity contribution in [1.82, 2.24) is 4.98 Å². The monoisotopic (exact) mass is 233 g/mol. The molecule has 0 unspecified atom stereocenters. The molecule has 86 valence electrons. The molecular weight excluding hydrogens is 222 g/mol. The van der Waals surface area contributed by atoms with Gasteiger partial charge in [0.25, 0.3) is 0 Å². The zero-order chi connectivity index (χ0) is 12.4. The van der Waals surface area contributed by atoms with E-state index in [1.54, 1.807) is 0 Å². The normalized spacial score (nSPS) is 10.2. The van der Waals surface area contributed by atoms with E-state index in [0.29, 0.717) is 0 Å². The lowest BCUT2D eigenvalue weighted by molar-refractivity contribution is -0.107. The van der Waals surface area contributed by atoms with Gasteiger partial charge in [0, 0.05) is 27.4 Å². The minimum absolute atomic E-state index is 0.282. The fourth-order valence-electron chi connectivity index (χ4n) is 2.13. The van der Waals surface area contributed by atoms with Gasteiger partial charge in [-0.2, -0.15) is 0 Å². The van der Waals surface area contributed by atoms with E-state index < -0.39 is 0 Å². The molecule has 1 aromatic heterocycles. The number of aromatic nitrogens is 1. The second kappa shape index (κ2) is 4.38. The Hall–Kier alpha value is -2.53. The van der Waals surface area contributed by atoms with Crippen molar-refractivity contribution in [1.29, 1.82) is 0 Å². The van der Waals surface area contributed by atoms with Crippen LogP contribution >= 0.6 is 0 Å². The first-order chi connectivity index (χ1) is 8.88. The van der Waals surface area contributed by atoms with Crippen molar-refractivity contribution in [2.24, 2.45) is 0 Å². The molecule has 18 heavy (non-hydrogen) atoms. The maximum Gasteiger partial charge on any atom is 0.131 e. The summed E-state index contributed by atoms with van der Waals surface area (Å²) in [5.74, 6) is 5.80. The number of carbonyl (C=O) groups is 1. The standard InChI is InChI=1S/C16H11NO/c18-10-4-3-5-12-8-9-14-13-6-1-2-7-15(13)17-16(14)11-12/h1-2,6-11,17H,4H2. The number of para-hydroxylation sites is 1. The largest absolute Gasteiger partial charge is 0.354 e. The number of H-pyrrole nitrogens is 1. The number of aldehydes is 1. The fraction of sp³-hybridized carbons (Fsp3) is 0.0625. The third-order valence-corrected chi connectivity index (χ3v) is 2.92. The van der Waals surface area contributed by atoms with Crippen LogP contribution in [-0.4, -0.2) is 11.3 Å². The van der Waals surface area contributed by atoms with Crippen LogP contribution < -0.4 is 0 Å². The molecular formula is C16H11NO. The Balaban J connectivity index is 2.16. The maximum atomic E-state index is 10.2. The molecule has 2 heteroatoms. The van der Waals surface area contributed by atoms with Crippen LogP contribution in [0.1, 0.15) is 12.0 Å². The van der Waals surface area contributed by atoms with Crippen LogP contribution in [0.4, 0.5) is 0 Å². The minimum Gasteiger partial charge on any atom is -0.354 e. The van der Waals surface area contributed by atoms with E-state index in [4.69, 9.17) is 0 Å². The molecule has 0 bridgehead atoms. The molecule has 0 aliphatic rings. The molecule has 0 amide bonds. The highest BCUT2D eigenvalue weighted by molar-refractivity contribution is 6.07. The molecule has 0 aliphatic heterocycles. The maximum absolute atomic E-state index is 10.2. The Kier molecular flexibility index (Phi) is 2.59. The molecule has 1 heterocycles. The highest BCUT2D eigenvalue weighted by Gasteiger charge is 2.02. The number of rotatable bonds is 1. The zero-order valence-corrected chi connectivity index (χ0v) is 9.73. The van der Waals surface area contributed by atoms with Crippen LogP contribution in [0.25, 0.3) is 21.8 Å². The SMILES string of the molecule is O=CCC#Cc1ccc2c(c1)[nH]c1ccccc12. The summed E-state index contributed by atoms with van der Waals surface area (Å²) in [5, 5.41) is 2.42. The molecule has 3 aromatic rings. The van der Waals surface area contributed by atoms with Gasteiger partial charge in [0.2, 0.25) is 0 Å². The lowest BCUT2D eigenvalue weighted by Crippen LogP contribution is -1.75. The Morgan fingerprint density at radius 2 is 1.89 bits per heavy atom. The summed E-state index contributed by atoms with van der Waals surface area (Å²) in [4.78, 5) is 13.6. The molecule has 0 saturated carbocycles. The van der Waals surface area contributed by atoms with E-state index in [1.165, 1.54) is 10.8 Å². The molecule has 0 radical (unpaired) electrons. The lowest BCUT2D eigenvalue weighted by atomic mass is 10.1. The number of carbonyl (C=O) groups excluding carboxylic acids is 1. The predicted octanol–water partition coefficient (Wildman–Crippen LogP) is 3.26. The first-order valence-corrected chi connectivity index (χ1v) is 5.81. The summed E-state index contributed by atoms with van der Waals surface area (Å²) >= 11 is 0. The Labute approximate surface area is 105 Å². The van der Waals surface area contributed by atoms with E-state index in [-0.39, 0.29) is 6.42 Å². The molecule has 0 fully saturated rings. The minimum atomic E-state index is 0.282. The van der Waals surface area contributed by atoms with Crippen LogP contribution in [0, 0.1) is 11.8 Å². The van der Waals surface area contributed by atoms with Gasteiger partial charge in [-0.1, -0.05) is 36.1 Å². The smallest absolute Gasteiger partial charge is 0.131 e. The average molecular weight is 233 g/mol. The summed E-state index contributed by atoms with van der Waals surface area (Å²) in [6.07, 6.45) is 1.10. The predicted molar refractivity (Wildman–Crippen MR) is 73.4 cm³/mol. The van der Waals surface area contributed by atoms with Gasteiger partial charge >= 0.3 is 0 Å². The summed E-state index contributed by atoms with van der Waals surface area (Å²) < 4.78 is 0. The highest BCUT2D eigenvalue weighted by Crippen LogP contribution is 2.25.